The molecule has 152 valence electrons. The molecular formula is C22H22BrClN2O2S. The number of rotatable bonds is 6. The molecular weight excluding hydrogens is 472 g/mol. The topological polar surface area (TPSA) is 43.6 Å². The summed E-state index contributed by atoms with van der Waals surface area (Å²) in [5.74, 6) is 0.402. The first-order valence-corrected chi connectivity index (χ1v) is 11.4. The van der Waals surface area contributed by atoms with E-state index in [9.17, 15) is 4.79 Å². The number of hydrogen-bond acceptors (Lipinski definition) is 3. The molecule has 4 nitrogen and oxygen atoms in total. The van der Waals surface area contributed by atoms with Gasteiger partial charge in [-0.25, -0.2) is 0 Å². The van der Waals surface area contributed by atoms with Crippen LogP contribution in [0.3, 0.4) is 0 Å². The Kier molecular flexibility index (Phi) is 7.33. The number of thiazole rings is 1. The highest BCUT2D eigenvalue weighted by Gasteiger charge is 2.16. The third-order valence-electron chi connectivity index (χ3n) is 4.49. The Hall–Kier alpha value is -1.89. The predicted octanol–water partition coefficient (Wildman–Crippen LogP) is 6.35. The smallest absolute Gasteiger partial charge is 0.279 e. The van der Waals surface area contributed by atoms with Crippen molar-refractivity contribution in [3.05, 3.63) is 67.2 Å². The van der Waals surface area contributed by atoms with Crippen LogP contribution < -0.4 is 9.54 Å². The van der Waals surface area contributed by atoms with Crippen molar-refractivity contribution in [2.75, 3.05) is 7.11 Å². The molecule has 1 amide bonds. The van der Waals surface area contributed by atoms with Crippen LogP contribution in [0.2, 0.25) is 5.02 Å². The molecule has 0 aliphatic carbocycles. The maximum Gasteiger partial charge on any atom is 0.279 e. The van der Waals surface area contributed by atoms with E-state index in [0.717, 1.165) is 35.1 Å². The lowest BCUT2D eigenvalue weighted by Crippen LogP contribution is -2.17. The lowest BCUT2D eigenvalue weighted by molar-refractivity contribution is 0.0997. The number of amides is 1. The number of hydrogen-bond donors (Lipinski definition) is 0. The van der Waals surface area contributed by atoms with Gasteiger partial charge < -0.3 is 9.30 Å². The minimum atomic E-state index is -0.275. The van der Waals surface area contributed by atoms with Gasteiger partial charge >= 0.3 is 0 Å². The highest BCUT2D eigenvalue weighted by atomic mass is 79.9. The molecule has 1 aromatic heterocycles. The molecule has 3 rings (SSSR count). The zero-order chi connectivity index (χ0) is 21.0. The van der Waals surface area contributed by atoms with E-state index in [-0.39, 0.29) is 5.91 Å². The van der Waals surface area contributed by atoms with Crippen LogP contribution in [-0.4, -0.2) is 17.6 Å². The molecule has 2 aromatic carbocycles. The van der Waals surface area contributed by atoms with E-state index in [1.165, 1.54) is 4.88 Å². The summed E-state index contributed by atoms with van der Waals surface area (Å²) >= 11 is 11.1. The zero-order valence-electron chi connectivity index (χ0n) is 16.5. The van der Waals surface area contributed by atoms with Crippen LogP contribution in [0.5, 0.6) is 5.75 Å². The number of halogens is 2. The number of benzene rings is 2. The highest BCUT2D eigenvalue weighted by molar-refractivity contribution is 9.10. The minimum Gasteiger partial charge on any atom is -0.496 e. The van der Waals surface area contributed by atoms with Crippen molar-refractivity contribution in [3.63, 3.8) is 0 Å². The fraction of sp³-hybridized carbons (Fsp3) is 0.273. The van der Waals surface area contributed by atoms with Crippen molar-refractivity contribution in [2.24, 2.45) is 4.99 Å². The summed E-state index contributed by atoms with van der Waals surface area (Å²) in [6, 6.07) is 13.0. The van der Waals surface area contributed by atoms with Gasteiger partial charge in [0.1, 0.15) is 5.75 Å². The Morgan fingerprint density at radius 3 is 2.52 bits per heavy atom. The fourth-order valence-corrected chi connectivity index (χ4v) is 5.09. The van der Waals surface area contributed by atoms with E-state index in [1.54, 1.807) is 36.6 Å². The van der Waals surface area contributed by atoms with Gasteiger partial charge in [-0.2, -0.15) is 4.99 Å². The van der Waals surface area contributed by atoms with Gasteiger partial charge in [-0.1, -0.05) is 37.1 Å². The second-order valence-electron chi connectivity index (χ2n) is 6.42. The SMILES string of the molecule is CCCc1sc(=NC(=O)c2ccc(OC)c(Br)c2)n(CC)c1-c1ccc(Cl)cc1. The highest BCUT2D eigenvalue weighted by Crippen LogP contribution is 2.29. The number of ether oxygens (including phenoxy) is 1. The predicted molar refractivity (Wildman–Crippen MR) is 123 cm³/mol. The molecule has 3 aromatic rings. The van der Waals surface area contributed by atoms with Crippen LogP contribution in [0.1, 0.15) is 35.5 Å². The Balaban J connectivity index is 2.11. The molecule has 0 N–H and O–H groups in total. The molecule has 0 radical (unpaired) electrons. The summed E-state index contributed by atoms with van der Waals surface area (Å²) in [5, 5.41) is 0.703. The number of aromatic nitrogens is 1. The van der Waals surface area contributed by atoms with Gasteiger partial charge in [-0.3, -0.25) is 4.79 Å². The minimum absolute atomic E-state index is 0.275. The quantitative estimate of drug-likeness (QED) is 0.401. The molecule has 7 heteroatoms. The third-order valence-corrected chi connectivity index (χ3v) is 6.50. The number of aryl methyl sites for hydroxylation is 1. The molecule has 0 spiro atoms. The molecule has 1 heterocycles. The second kappa shape index (κ2) is 9.74. The van der Waals surface area contributed by atoms with E-state index >= 15 is 0 Å². The van der Waals surface area contributed by atoms with Crippen molar-refractivity contribution in [1.82, 2.24) is 4.57 Å². The summed E-state index contributed by atoms with van der Waals surface area (Å²) in [4.78, 5) is 19.2. The number of carbonyl (C=O) groups is 1. The van der Waals surface area contributed by atoms with Crippen molar-refractivity contribution < 1.29 is 9.53 Å². The maximum atomic E-state index is 12.8. The van der Waals surface area contributed by atoms with E-state index in [1.807, 2.05) is 24.3 Å². The first-order valence-electron chi connectivity index (χ1n) is 9.39. The van der Waals surface area contributed by atoms with Crippen LogP contribution in [0.15, 0.2) is 51.9 Å². The summed E-state index contributed by atoms with van der Waals surface area (Å²) in [5.41, 5.74) is 2.70. The average molecular weight is 494 g/mol. The van der Waals surface area contributed by atoms with Gasteiger partial charge in [-0.05, 0) is 65.2 Å². The number of carbonyl (C=O) groups excluding carboxylic acids is 1. The maximum absolute atomic E-state index is 12.8. The molecule has 0 fully saturated rings. The molecule has 0 saturated heterocycles. The Morgan fingerprint density at radius 1 is 1.21 bits per heavy atom. The summed E-state index contributed by atoms with van der Waals surface area (Å²) < 4.78 is 8.07. The van der Waals surface area contributed by atoms with Gasteiger partial charge in [0.25, 0.3) is 5.91 Å². The molecule has 0 atom stereocenters. The van der Waals surface area contributed by atoms with E-state index < -0.39 is 0 Å². The Morgan fingerprint density at radius 2 is 1.93 bits per heavy atom. The fourth-order valence-electron chi connectivity index (χ4n) is 3.11. The second-order valence-corrected chi connectivity index (χ2v) is 8.78. The van der Waals surface area contributed by atoms with E-state index in [0.29, 0.717) is 21.1 Å². The van der Waals surface area contributed by atoms with Crippen LogP contribution in [0.25, 0.3) is 11.3 Å². The van der Waals surface area contributed by atoms with Crippen molar-refractivity contribution >= 4 is 44.8 Å². The monoisotopic (exact) mass is 492 g/mol. The standard InChI is InChI=1S/C22H22BrClN2O2S/c1-4-6-19-20(14-7-10-16(24)11-8-14)26(5-2)22(29-19)25-21(27)15-9-12-18(28-3)17(23)13-15/h7-13H,4-6H2,1-3H3. The van der Waals surface area contributed by atoms with Gasteiger partial charge in [0.15, 0.2) is 4.80 Å². The van der Waals surface area contributed by atoms with Crippen molar-refractivity contribution in [3.8, 4) is 17.0 Å². The van der Waals surface area contributed by atoms with Gasteiger partial charge in [-0.15, -0.1) is 11.3 Å². The number of methoxy groups -OCH3 is 1. The first-order chi connectivity index (χ1) is 14.0. The lowest BCUT2D eigenvalue weighted by atomic mass is 10.1. The summed E-state index contributed by atoms with van der Waals surface area (Å²) in [6.07, 6.45) is 1.95. The van der Waals surface area contributed by atoms with Crippen LogP contribution in [0, 0.1) is 0 Å². The van der Waals surface area contributed by atoms with Crippen LogP contribution in [-0.2, 0) is 13.0 Å². The Bertz CT molecular complexity index is 1090. The first kappa shape index (κ1) is 21.8. The Labute approximate surface area is 188 Å². The molecule has 0 aliphatic rings. The van der Waals surface area contributed by atoms with Crippen molar-refractivity contribution in [1.29, 1.82) is 0 Å². The lowest BCUT2D eigenvalue weighted by Gasteiger charge is -2.09. The summed E-state index contributed by atoms with van der Waals surface area (Å²) in [6.45, 7) is 4.93. The van der Waals surface area contributed by atoms with Crippen molar-refractivity contribution in [2.45, 2.75) is 33.2 Å². The van der Waals surface area contributed by atoms with E-state index in [4.69, 9.17) is 16.3 Å². The van der Waals surface area contributed by atoms with E-state index in [2.05, 4.69) is 39.3 Å². The van der Waals surface area contributed by atoms with Gasteiger partial charge in [0, 0.05) is 22.0 Å². The molecule has 0 unspecified atom stereocenters. The van der Waals surface area contributed by atoms with Crippen LogP contribution >= 0.6 is 38.9 Å². The molecule has 0 aliphatic heterocycles. The molecule has 29 heavy (non-hydrogen) atoms. The summed E-state index contributed by atoms with van der Waals surface area (Å²) in [7, 11) is 1.59. The largest absolute Gasteiger partial charge is 0.496 e. The average Bonchev–Trinajstić information content (AvgIpc) is 3.05. The molecule has 0 saturated carbocycles. The van der Waals surface area contributed by atoms with Crippen LogP contribution in [0.4, 0.5) is 0 Å². The van der Waals surface area contributed by atoms with Gasteiger partial charge in [0.05, 0.1) is 17.3 Å². The third kappa shape index (κ3) is 4.82. The molecule has 0 bridgehead atoms. The van der Waals surface area contributed by atoms with Gasteiger partial charge in [0.2, 0.25) is 0 Å². The zero-order valence-corrected chi connectivity index (χ0v) is 19.7. The normalized spacial score (nSPS) is 11.7. The number of nitrogens with zero attached hydrogens (tertiary/aromatic N) is 2.